The lowest BCUT2D eigenvalue weighted by Crippen LogP contribution is -2.69. The molecule has 0 aromatic carbocycles. The first-order valence-corrected chi connectivity index (χ1v) is 8.00. The average molecular weight is 268 g/mol. The molecule has 0 amide bonds. The Morgan fingerprint density at radius 1 is 1.37 bits per heavy atom. The van der Waals surface area contributed by atoms with Gasteiger partial charge in [0.1, 0.15) is 0 Å². The van der Waals surface area contributed by atoms with Crippen LogP contribution >= 0.6 is 0 Å². The number of hydrogen-bond donors (Lipinski definition) is 1. The van der Waals surface area contributed by atoms with Gasteiger partial charge in [0, 0.05) is 30.0 Å². The largest absolute Gasteiger partial charge is 0.377 e. The van der Waals surface area contributed by atoms with Crippen molar-refractivity contribution in [2.75, 3.05) is 26.7 Å². The van der Waals surface area contributed by atoms with Crippen molar-refractivity contribution >= 4 is 0 Å². The van der Waals surface area contributed by atoms with Crippen LogP contribution in [0.15, 0.2) is 0 Å². The van der Waals surface area contributed by atoms with Gasteiger partial charge < -0.3 is 15.0 Å². The van der Waals surface area contributed by atoms with Gasteiger partial charge in [-0.15, -0.1) is 0 Å². The van der Waals surface area contributed by atoms with Crippen LogP contribution in [0.25, 0.3) is 0 Å². The molecule has 3 nitrogen and oxygen atoms in total. The van der Waals surface area contributed by atoms with Crippen LogP contribution in [0.1, 0.15) is 47.0 Å². The number of nitrogens with zero attached hydrogens (tertiary/aromatic N) is 1. The molecule has 1 aliphatic carbocycles. The van der Waals surface area contributed by atoms with E-state index in [0.29, 0.717) is 23.6 Å². The van der Waals surface area contributed by atoms with E-state index in [0.717, 1.165) is 19.1 Å². The Labute approximate surface area is 119 Å². The molecule has 112 valence electrons. The molecule has 19 heavy (non-hydrogen) atoms. The second-order valence-corrected chi connectivity index (χ2v) is 7.28. The number of nitrogens with one attached hydrogen (secondary N) is 1. The molecule has 2 rings (SSSR count). The summed E-state index contributed by atoms with van der Waals surface area (Å²) in [6, 6.07) is 1.30. The summed E-state index contributed by atoms with van der Waals surface area (Å²) in [5, 5.41) is 3.80. The Balaban J connectivity index is 1.71. The van der Waals surface area contributed by atoms with Gasteiger partial charge in [-0.25, -0.2) is 0 Å². The molecule has 1 aliphatic heterocycles. The smallest absolute Gasteiger partial charge is 0.0684 e. The molecule has 0 radical (unpaired) electrons. The van der Waals surface area contributed by atoms with E-state index >= 15 is 0 Å². The van der Waals surface area contributed by atoms with Crippen molar-refractivity contribution in [2.24, 2.45) is 11.3 Å². The van der Waals surface area contributed by atoms with Crippen LogP contribution in [-0.4, -0.2) is 49.8 Å². The normalized spacial score (nSPS) is 33.3. The highest BCUT2D eigenvalue weighted by Gasteiger charge is 2.57. The number of hydrogen-bond acceptors (Lipinski definition) is 3. The fourth-order valence-electron chi connectivity index (χ4n) is 3.78. The van der Waals surface area contributed by atoms with E-state index in [1.807, 2.05) is 0 Å². The molecule has 1 saturated carbocycles. The Hall–Kier alpha value is -0.120. The van der Waals surface area contributed by atoms with E-state index in [1.54, 1.807) is 0 Å². The maximum atomic E-state index is 5.95. The Morgan fingerprint density at radius 2 is 2.11 bits per heavy atom. The first-order chi connectivity index (χ1) is 8.94. The van der Waals surface area contributed by atoms with Crippen molar-refractivity contribution in [1.82, 2.24) is 10.2 Å². The third-order valence-electron chi connectivity index (χ3n) is 5.26. The van der Waals surface area contributed by atoms with Gasteiger partial charge in [-0.2, -0.15) is 0 Å². The van der Waals surface area contributed by atoms with Gasteiger partial charge in [0.05, 0.1) is 6.10 Å². The minimum atomic E-state index is 0.315. The third-order valence-corrected chi connectivity index (χ3v) is 5.26. The van der Waals surface area contributed by atoms with Gasteiger partial charge in [-0.3, -0.25) is 0 Å². The highest BCUT2D eigenvalue weighted by molar-refractivity contribution is 5.10. The minimum Gasteiger partial charge on any atom is -0.377 e. The molecule has 1 saturated heterocycles. The maximum absolute atomic E-state index is 5.95. The summed E-state index contributed by atoms with van der Waals surface area (Å²) in [7, 11) is 2.21. The van der Waals surface area contributed by atoms with Crippen LogP contribution in [0.5, 0.6) is 0 Å². The predicted molar refractivity (Wildman–Crippen MR) is 80.4 cm³/mol. The molecule has 0 aromatic heterocycles. The molecule has 0 spiro atoms. The Kier molecular flexibility index (Phi) is 4.91. The lowest BCUT2D eigenvalue weighted by molar-refractivity contribution is -0.192. The second kappa shape index (κ2) is 6.11. The van der Waals surface area contributed by atoms with Crippen LogP contribution in [-0.2, 0) is 4.74 Å². The first kappa shape index (κ1) is 15.3. The van der Waals surface area contributed by atoms with E-state index < -0.39 is 0 Å². The van der Waals surface area contributed by atoms with E-state index in [-0.39, 0.29) is 0 Å². The molecule has 2 aliphatic rings. The topological polar surface area (TPSA) is 24.5 Å². The van der Waals surface area contributed by atoms with Crippen molar-refractivity contribution in [3.8, 4) is 0 Å². The molecular formula is C16H32N2O. The summed E-state index contributed by atoms with van der Waals surface area (Å²) in [4.78, 5) is 2.42. The molecule has 1 N–H and O–H groups in total. The monoisotopic (exact) mass is 268 g/mol. The number of ether oxygens (including phenoxy) is 1. The van der Waals surface area contributed by atoms with Crippen molar-refractivity contribution in [1.29, 1.82) is 0 Å². The quantitative estimate of drug-likeness (QED) is 0.749. The summed E-state index contributed by atoms with van der Waals surface area (Å²) in [6.45, 7) is 12.5. The zero-order chi connectivity index (χ0) is 14.0. The molecule has 1 heterocycles. The van der Waals surface area contributed by atoms with Crippen LogP contribution in [0.3, 0.4) is 0 Å². The molecule has 2 fully saturated rings. The van der Waals surface area contributed by atoms with E-state index in [2.05, 4.69) is 45.0 Å². The number of rotatable bonds is 6. The highest BCUT2D eigenvalue weighted by atomic mass is 16.5. The zero-order valence-corrected chi connectivity index (χ0v) is 13.4. The van der Waals surface area contributed by atoms with Crippen molar-refractivity contribution in [3.63, 3.8) is 0 Å². The molecule has 3 unspecified atom stereocenters. The van der Waals surface area contributed by atoms with Crippen LogP contribution in [0, 0.1) is 11.3 Å². The third kappa shape index (κ3) is 3.14. The predicted octanol–water partition coefficient (Wildman–Crippen LogP) is 2.51. The Morgan fingerprint density at radius 3 is 2.79 bits per heavy atom. The fraction of sp³-hybridized carbons (Fsp3) is 1.00. The van der Waals surface area contributed by atoms with Gasteiger partial charge in [0.25, 0.3) is 0 Å². The second-order valence-electron chi connectivity index (χ2n) is 7.28. The lowest BCUT2D eigenvalue weighted by atomic mass is 9.55. The highest BCUT2D eigenvalue weighted by Crippen LogP contribution is 2.51. The summed E-state index contributed by atoms with van der Waals surface area (Å²) < 4.78 is 5.95. The van der Waals surface area contributed by atoms with Gasteiger partial charge in [0.15, 0.2) is 0 Å². The van der Waals surface area contributed by atoms with E-state index in [9.17, 15) is 0 Å². The van der Waals surface area contributed by atoms with Crippen molar-refractivity contribution in [3.05, 3.63) is 0 Å². The van der Waals surface area contributed by atoms with Crippen LogP contribution in [0.4, 0.5) is 0 Å². The Bertz CT molecular complexity index is 290. The molecular weight excluding hydrogens is 236 g/mol. The molecule has 3 atom stereocenters. The first-order valence-electron chi connectivity index (χ1n) is 8.00. The SMILES string of the molecule is CC(C)N(C)CCCNC1C2CCCOC2C1(C)C. The molecule has 0 bridgehead atoms. The maximum Gasteiger partial charge on any atom is 0.0684 e. The summed E-state index contributed by atoms with van der Waals surface area (Å²) in [5.74, 6) is 0.756. The lowest BCUT2D eigenvalue weighted by Gasteiger charge is -2.60. The average Bonchev–Trinajstić information content (AvgIpc) is 2.37. The van der Waals surface area contributed by atoms with Gasteiger partial charge >= 0.3 is 0 Å². The zero-order valence-electron chi connectivity index (χ0n) is 13.4. The number of fused-ring (bicyclic) bond motifs is 1. The van der Waals surface area contributed by atoms with E-state index in [1.165, 1.54) is 25.8 Å². The molecule has 0 aromatic rings. The van der Waals surface area contributed by atoms with Gasteiger partial charge in [-0.05, 0) is 53.2 Å². The summed E-state index contributed by atoms with van der Waals surface area (Å²) in [6.07, 6.45) is 4.32. The molecule has 3 heteroatoms. The fourth-order valence-corrected chi connectivity index (χ4v) is 3.78. The summed E-state index contributed by atoms with van der Waals surface area (Å²) in [5.41, 5.74) is 0.315. The van der Waals surface area contributed by atoms with Crippen LogP contribution < -0.4 is 5.32 Å². The van der Waals surface area contributed by atoms with E-state index in [4.69, 9.17) is 4.74 Å². The summed E-state index contributed by atoms with van der Waals surface area (Å²) >= 11 is 0. The van der Waals surface area contributed by atoms with Crippen molar-refractivity contribution in [2.45, 2.75) is 65.1 Å². The van der Waals surface area contributed by atoms with Crippen molar-refractivity contribution < 1.29 is 4.74 Å². The van der Waals surface area contributed by atoms with Crippen LogP contribution in [0.2, 0.25) is 0 Å². The van der Waals surface area contributed by atoms with Gasteiger partial charge in [0.2, 0.25) is 0 Å². The van der Waals surface area contributed by atoms with Gasteiger partial charge in [-0.1, -0.05) is 13.8 Å². The minimum absolute atomic E-state index is 0.315. The standard InChI is InChI=1S/C16H32N2O/c1-12(2)18(5)10-7-9-17-14-13-8-6-11-19-15(13)16(14,3)4/h12-15,17H,6-11H2,1-5H3.